The van der Waals surface area contributed by atoms with Crippen LogP contribution in [0.25, 0.3) is 28.5 Å². The van der Waals surface area contributed by atoms with Crippen molar-refractivity contribution in [1.82, 2.24) is 19.3 Å². The third-order valence-electron chi connectivity index (χ3n) is 8.16. The fourth-order valence-electron chi connectivity index (χ4n) is 5.83. The summed E-state index contributed by atoms with van der Waals surface area (Å²) in [5, 5.41) is 16.0. The molecule has 1 amide bonds. The fourth-order valence-corrected chi connectivity index (χ4v) is 9.84. The molecule has 1 saturated heterocycles. The van der Waals surface area contributed by atoms with E-state index in [-0.39, 0.29) is 17.3 Å². The number of amides is 1. The summed E-state index contributed by atoms with van der Waals surface area (Å²) in [5.41, 5.74) is 3.49. The van der Waals surface area contributed by atoms with E-state index >= 15 is 0 Å². The molecule has 0 unspecified atom stereocenters. The lowest BCUT2D eigenvalue weighted by molar-refractivity contribution is -0.723. The highest BCUT2D eigenvalue weighted by Crippen LogP contribution is 2.51. The van der Waals surface area contributed by atoms with Crippen LogP contribution in [0.3, 0.4) is 0 Å². The van der Waals surface area contributed by atoms with E-state index in [1.54, 1.807) is 45.0 Å². The van der Waals surface area contributed by atoms with Crippen LogP contribution in [-0.2, 0) is 17.9 Å². The minimum atomic E-state index is -0.247. The van der Waals surface area contributed by atoms with Crippen molar-refractivity contribution in [3.8, 4) is 5.88 Å². The summed E-state index contributed by atoms with van der Waals surface area (Å²) in [5.74, 6) is -0.430. The maximum atomic E-state index is 13.9. The van der Waals surface area contributed by atoms with Crippen molar-refractivity contribution in [3.05, 3.63) is 119 Å². The van der Waals surface area contributed by atoms with E-state index in [0.29, 0.717) is 44.5 Å². The summed E-state index contributed by atoms with van der Waals surface area (Å²) in [4.78, 5) is 34.0. The molecule has 0 N–H and O–H groups in total. The molecule has 246 valence electrons. The van der Waals surface area contributed by atoms with Crippen molar-refractivity contribution in [1.29, 1.82) is 0 Å². The number of nitrogens with zero attached hydrogens (tertiary/aromatic N) is 5. The van der Waals surface area contributed by atoms with Gasteiger partial charge in [-0.25, -0.2) is 0 Å². The molecule has 0 bridgehead atoms. The molecular formula is C36H35N5O3S4. The third kappa shape index (κ3) is 5.87. The molecule has 2 aromatic carbocycles. The molecule has 0 saturated carbocycles. The molecule has 2 aromatic heterocycles. The number of thiocarbonyl (C=S) groups is 1. The van der Waals surface area contributed by atoms with E-state index in [4.69, 9.17) is 12.2 Å². The Bertz CT molecular complexity index is 2160. The van der Waals surface area contributed by atoms with Crippen molar-refractivity contribution < 1.29 is 14.5 Å². The second-order valence-corrected chi connectivity index (χ2v) is 14.4. The standard InChI is InChI=1S/C36H35N5O3S4/c1-6-20-41-28(22-27-38(7-2)29(23-16-12-10-13-17-23)31(48-27)24-18-14-11-15-19-24)46-25(33(41)43)21-26-32(42)39(8-3)35(47-26)30-34(44)40(9-4)36(45)37(30)5/h6,10-19,21-22H,1,7-9,20H2,2-5H3. The van der Waals surface area contributed by atoms with Gasteiger partial charge in [0.2, 0.25) is 0 Å². The minimum Gasteiger partial charge on any atom is -0.822 e. The van der Waals surface area contributed by atoms with Crippen molar-refractivity contribution in [2.24, 2.45) is 0 Å². The van der Waals surface area contributed by atoms with E-state index in [0.717, 1.165) is 38.3 Å². The number of hydrogen-bond acceptors (Lipinski definition) is 8. The predicted octanol–water partition coefficient (Wildman–Crippen LogP) is 4.45. The summed E-state index contributed by atoms with van der Waals surface area (Å²) < 4.78 is 4.19. The topological polar surface area (TPSA) is 75.7 Å². The number of benzene rings is 2. The van der Waals surface area contributed by atoms with Gasteiger partial charge in [0, 0.05) is 31.6 Å². The SMILES string of the molecule is C=CC[n+]1c(C=C2SC(c3ccccc3)=C(c3ccccc3)N2CC)sc(C=c2sc(=C3C(=O)N(CC)C(=S)N3C)n(CC)c2=O)c1[O-]. The summed E-state index contributed by atoms with van der Waals surface area (Å²) in [6.07, 6.45) is 5.43. The van der Waals surface area contributed by atoms with Gasteiger partial charge < -0.3 is 14.9 Å². The Kier molecular flexibility index (Phi) is 9.88. The number of rotatable bonds is 9. The number of allylic oxidation sites excluding steroid dienone is 1. The minimum absolute atomic E-state index is 0.199. The molecule has 1 fully saturated rings. The molecule has 0 radical (unpaired) electrons. The molecule has 4 heterocycles. The smallest absolute Gasteiger partial charge is 0.279 e. The number of hydrogen-bond donors (Lipinski definition) is 0. The van der Waals surface area contributed by atoms with Crippen LogP contribution in [0.4, 0.5) is 0 Å². The van der Waals surface area contributed by atoms with Crippen LogP contribution in [0.2, 0.25) is 0 Å². The quantitative estimate of drug-likeness (QED) is 0.144. The maximum absolute atomic E-state index is 13.9. The number of aromatic nitrogens is 2. The molecule has 2 aliphatic rings. The number of thiazole rings is 2. The second kappa shape index (κ2) is 14.1. The molecule has 0 aliphatic carbocycles. The average molecular weight is 714 g/mol. The van der Waals surface area contributed by atoms with Gasteiger partial charge in [-0.15, -0.1) is 11.3 Å². The van der Waals surface area contributed by atoms with Crippen LogP contribution >= 0.6 is 46.7 Å². The van der Waals surface area contributed by atoms with Crippen LogP contribution in [0.5, 0.6) is 5.88 Å². The van der Waals surface area contributed by atoms with Gasteiger partial charge >= 0.3 is 0 Å². The van der Waals surface area contributed by atoms with Gasteiger partial charge in [0.05, 0.1) is 26.2 Å². The number of carbonyl (C=O) groups excluding carboxylic acids is 1. The molecule has 0 spiro atoms. The largest absolute Gasteiger partial charge is 0.822 e. The van der Waals surface area contributed by atoms with Crippen LogP contribution in [0.1, 0.15) is 41.8 Å². The number of thioether (sulfide) groups is 1. The van der Waals surface area contributed by atoms with Crippen molar-refractivity contribution >= 4 is 86.1 Å². The third-order valence-corrected chi connectivity index (χ3v) is 12.0. The molecular weight excluding hydrogens is 679 g/mol. The lowest BCUT2D eigenvalue weighted by Crippen LogP contribution is -2.37. The lowest BCUT2D eigenvalue weighted by atomic mass is 10.1. The van der Waals surface area contributed by atoms with Crippen molar-refractivity contribution in [3.63, 3.8) is 0 Å². The molecule has 48 heavy (non-hydrogen) atoms. The zero-order valence-corrected chi connectivity index (χ0v) is 30.4. The van der Waals surface area contributed by atoms with Gasteiger partial charge in [0.1, 0.15) is 10.4 Å². The monoisotopic (exact) mass is 713 g/mol. The normalized spacial score (nSPS) is 17.5. The van der Waals surface area contributed by atoms with E-state index < -0.39 is 0 Å². The van der Waals surface area contributed by atoms with Gasteiger partial charge in [-0.2, -0.15) is 4.57 Å². The van der Waals surface area contributed by atoms with E-state index in [9.17, 15) is 14.7 Å². The van der Waals surface area contributed by atoms with E-state index in [1.165, 1.54) is 27.6 Å². The van der Waals surface area contributed by atoms with Crippen molar-refractivity contribution in [2.75, 3.05) is 20.1 Å². The van der Waals surface area contributed by atoms with E-state index in [1.807, 2.05) is 50.2 Å². The van der Waals surface area contributed by atoms with Gasteiger partial charge in [-0.05, 0) is 56.3 Å². The Labute approximate surface area is 297 Å². The fraction of sp³-hybridized carbons (Fsp3) is 0.222. The summed E-state index contributed by atoms with van der Waals surface area (Å²) in [6.45, 7) is 11.6. The molecule has 2 aliphatic heterocycles. The molecule has 8 nitrogen and oxygen atoms in total. The Balaban J connectivity index is 1.49. The molecule has 6 rings (SSSR count). The lowest BCUT2D eigenvalue weighted by Gasteiger charge is -2.21. The first-order chi connectivity index (χ1) is 23.2. The van der Waals surface area contributed by atoms with Gasteiger partial charge in [-0.3, -0.25) is 19.1 Å². The van der Waals surface area contributed by atoms with E-state index in [2.05, 4.69) is 48.7 Å². The van der Waals surface area contributed by atoms with Crippen LogP contribution in [0.15, 0.2) is 83.1 Å². The second-order valence-electron chi connectivity index (χ2n) is 11.0. The number of carbonyl (C=O) groups is 1. The highest BCUT2D eigenvalue weighted by atomic mass is 32.2. The van der Waals surface area contributed by atoms with Crippen LogP contribution < -0.4 is 24.4 Å². The maximum Gasteiger partial charge on any atom is 0.279 e. The Hall–Kier alpha value is -4.23. The molecule has 4 aromatic rings. The Morgan fingerprint density at radius 3 is 2.10 bits per heavy atom. The van der Waals surface area contributed by atoms with Gasteiger partial charge in [0.25, 0.3) is 16.5 Å². The van der Waals surface area contributed by atoms with Crippen molar-refractivity contribution in [2.45, 2.75) is 33.9 Å². The highest BCUT2D eigenvalue weighted by molar-refractivity contribution is 8.12. The average Bonchev–Trinajstić information content (AvgIpc) is 3.78. The van der Waals surface area contributed by atoms with Crippen LogP contribution in [0, 0.1) is 0 Å². The molecule has 0 atom stereocenters. The Morgan fingerprint density at radius 2 is 1.52 bits per heavy atom. The summed E-state index contributed by atoms with van der Waals surface area (Å²) in [7, 11) is 1.74. The van der Waals surface area contributed by atoms with Gasteiger partial charge in [0.15, 0.2) is 17.5 Å². The zero-order chi connectivity index (χ0) is 34.1. The van der Waals surface area contributed by atoms with Gasteiger partial charge in [-0.1, -0.05) is 90.3 Å². The highest BCUT2D eigenvalue weighted by Gasteiger charge is 2.36. The first-order valence-electron chi connectivity index (χ1n) is 15.7. The zero-order valence-electron chi connectivity index (χ0n) is 27.1. The predicted molar refractivity (Wildman–Crippen MR) is 200 cm³/mol. The summed E-state index contributed by atoms with van der Waals surface area (Å²) >= 11 is 9.73. The Morgan fingerprint density at radius 1 is 0.875 bits per heavy atom. The first kappa shape index (κ1) is 33.7. The van der Waals surface area contributed by atoms with Crippen LogP contribution in [-0.4, -0.2) is 50.4 Å². The number of likely N-dealkylation sites (N-methyl/N-ethyl adjacent to an activating group) is 2. The summed E-state index contributed by atoms with van der Waals surface area (Å²) in [6, 6.07) is 20.7. The first-order valence-corrected chi connectivity index (χ1v) is 18.5. The molecule has 12 heteroatoms.